The van der Waals surface area contributed by atoms with Gasteiger partial charge in [-0.2, -0.15) is 5.10 Å². The quantitative estimate of drug-likeness (QED) is 0.717. The van der Waals surface area contributed by atoms with Gasteiger partial charge in [0.2, 0.25) is 0 Å². The van der Waals surface area contributed by atoms with Crippen LogP contribution < -0.4 is 5.32 Å². The zero-order valence-electron chi connectivity index (χ0n) is 10.4. The molecule has 0 saturated heterocycles. The first-order chi connectivity index (χ1) is 8.74. The maximum atomic E-state index is 9.21. The van der Waals surface area contributed by atoms with Crippen LogP contribution in [0, 0.1) is 0 Å². The topological polar surface area (TPSA) is 73.8 Å². The Morgan fingerprint density at radius 1 is 1.33 bits per heavy atom. The maximum Gasteiger partial charge on any atom is 0.137 e. The number of aromatic hydroxyl groups is 1. The zero-order chi connectivity index (χ0) is 12.8. The predicted octanol–water partition coefficient (Wildman–Crippen LogP) is 1.27. The standard InChI is InChI=1S/C13H18N4O/c1-10(8-11-2-4-12(18)5-3-11)14-7-6-13-15-9-16-17-13/h2-5,9-10,14,18H,6-8H2,1H3,(H,15,16,17). The Labute approximate surface area is 106 Å². The van der Waals surface area contributed by atoms with E-state index in [1.54, 1.807) is 12.1 Å². The smallest absolute Gasteiger partial charge is 0.137 e. The van der Waals surface area contributed by atoms with Crippen molar-refractivity contribution in [3.63, 3.8) is 0 Å². The molecule has 1 atom stereocenters. The Morgan fingerprint density at radius 3 is 2.78 bits per heavy atom. The molecular weight excluding hydrogens is 228 g/mol. The monoisotopic (exact) mass is 246 g/mol. The minimum Gasteiger partial charge on any atom is -0.508 e. The van der Waals surface area contributed by atoms with Crippen LogP contribution in [0.4, 0.5) is 0 Å². The van der Waals surface area contributed by atoms with E-state index >= 15 is 0 Å². The van der Waals surface area contributed by atoms with Crippen LogP contribution in [-0.4, -0.2) is 32.9 Å². The SMILES string of the molecule is CC(Cc1ccc(O)cc1)NCCc1ncn[nH]1. The highest BCUT2D eigenvalue weighted by molar-refractivity contribution is 5.26. The van der Waals surface area contributed by atoms with Gasteiger partial charge >= 0.3 is 0 Å². The van der Waals surface area contributed by atoms with Crippen molar-refractivity contribution >= 4 is 0 Å². The van der Waals surface area contributed by atoms with Crippen LogP contribution in [0.25, 0.3) is 0 Å². The molecule has 2 rings (SSSR count). The van der Waals surface area contributed by atoms with E-state index in [9.17, 15) is 5.11 Å². The second-order valence-corrected chi connectivity index (χ2v) is 4.41. The molecule has 1 aromatic carbocycles. The number of H-pyrrole nitrogens is 1. The molecule has 1 unspecified atom stereocenters. The predicted molar refractivity (Wildman–Crippen MR) is 69.4 cm³/mol. The first-order valence-electron chi connectivity index (χ1n) is 6.09. The lowest BCUT2D eigenvalue weighted by Crippen LogP contribution is -2.30. The van der Waals surface area contributed by atoms with Gasteiger partial charge in [-0.1, -0.05) is 12.1 Å². The summed E-state index contributed by atoms with van der Waals surface area (Å²) in [5, 5.41) is 19.3. The van der Waals surface area contributed by atoms with Crippen LogP contribution in [0.3, 0.4) is 0 Å². The van der Waals surface area contributed by atoms with Crippen molar-refractivity contribution in [1.82, 2.24) is 20.5 Å². The highest BCUT2D eigenvalue weighted by Crippen LogP contribution is 2.11. The third kappa shape index (κ3) is 3.85. The Balaban J connectivity index is 1.71. The van der Waals surface area contributed by atoms with Gasteiger partial charge in [0.05, 0.1) is 0 Å². The molecule has 0 aliphatic carbocycles. The number of nitrogens with one attached hydrogen (secondary N) is 2. The van der Waals surface area contributed by atoms with Gasteiger partial charge in [0.15, 0.2) is 0 Å². The minimum absolute atomic E-state index is 0.310. The molecule has 5 nitrogen and oxygen atoms in total. The zero-order valence-corrected chi connectivity index (χ0v) is 10.4. The lowest BCUT2D eigenvalue weighted by atomic mass is 10.1. The number of aromatic amines is 1. The summed E-state index contributed by atoms with van der Waals surface area (Å²) in [4.78, 5) is 4.07. The summed E-state index contributed by atoms with van der Waals surface area (Å²) < 4.78 is 0. The number of nitrogens with zero attached hydrogens (tertiary/aromatic N) is 2. The van der Waals surface area contributed by atoms with E-state index in [2.05, 4.69) is 27.4 Å². The lowest BCUT2D eigenvalue weighted by Gasteiger charge is -2.13. The fourth-order valence-corrected chi connectivity index (χ4v) is 1.85. The molecule has 1 aromatic heterocycles. The summed E-state index contributed by atoms with van der Waals surface area (Å²) in [6.07, 6.45) is 3.31. The number of aromatic nitrogens is 3. The van der Waals surface area contributed by atoms with E-state index in [1.165, 1.54) is 11.9 Å². The summed E-state index contributed by atoms with van der Waals surface area (Å²) in [5.41, 5.74) is 1.22. The first-order valence-corrected chi connectivity index (χ1v) is 6.09. The van der Waals surface area contributed by atoms with Crippen LogP contribution >= 0.6 is 0 Å². The van der Waals surface area contributed by atoms with Gasteiger partial charge in [0, 0.05) is 19.0 Å². The Hall–Kier alpha value is -1.88. The van der Waals surface area contributed by atoms with Crippen molar-refractivity contribution in [3.05, 3.63) is 42.0 Å². The highest BCUT2D eigenvalue weighted by atomic mass is 16.3. The average Bonchev–Trinajstić information content (AvgIpc) is 2.85. The Morgan fingerprint density at radius 2 is 2.11 bits per heavy atom. The number of phenols is 1. The van der Waals surface area contributed by atoms with Gasteiger partial charge in [-0.3, -0.25) is 5.10 Å². The normalized spacial score (nSPS) is 12.5. The Bertz CT molecular complexity index is 452. The summed E-state index contributed by atoms with van der Waals surface area (Å²) >= 11 is 0. The van der Waals surface area contributed by atoms with Gasteiger partial charge in [-0.15, -0.1) is 0 Å². The van der Waals surface area contributed by atoms with Crippen LogP contribution in [0.2, 0.25) is 0 Å². The van der Waals surface area contributed by atoms with Crippen molar-refractivity contribution in [3.8, 4) is 5.75 Å². The van der Waals surface area contributed by atoms with Crippen molar-refractivity contribution in [2.75, 3.05) is 6.54 Å². The third-order valence-electron chi connectivity index (χ3n) is 2.80. The largest absolute Gasteiger partial charge is 0.508 e. The number of hydrogen-bond acceptors (Lipinski definition) is 4. The van der Waals surface area contributed by atoms with E-state index < -0.39 is 0 Å². The fraction of sp³-hybridized carbons (Fsp3) is 0.385. The molecule has 18 heavy (non-hydrogen) atoms. The van der Waals surface area contributed by atoms with E-state index in [0.717, 1.165) is 25.2 Å². The van der Waals surface area contributed by atoms with Gasteiger partial charge < -0.3 is 10.4 Å². The van der Waals surface area contributed by atoms with Gasteiger partial charge in [0.25, 0.3) is 0 Å². The van der Waals surface area contributed by atoms with E-state index in [0.29, 0.717) is 11.8 Å². The molecule has 0 spiro atoms. The molecule has 0 aliphatic rings. The van der Waals surface area contributed by atoms with E-state index in [1.807, 2.05) is 12.1 Å². The second-order valence-electron chi connectivity index (χ2n) is 4.41. The van der Waals surface area contributed by atoms with Crippen LogP contribution in [0.1, 0.15) is 18.3 Å². The summed E-state index contributed by atoms with van der Waals surface area (Å²) in [5.74, 6) is 1.21. The molecule has 5 heteroatoms. The van der Waals surface area contributed by atoms with Gasteiger partial charge in [-0.05, 0) is 31.0 Å². The van der Waals surface area contributed by atoms with Crippen LogP contribution in [0.15, 0.2) is 30.6 Å². The van der Waals surface area contributed by atoms with Crippen molar-refractivity contribution in [1.29, 1.82) is 0 Å². The number of phenolic OH excluding ortho intramolecular Hbond substituents is 1. The van der Waals surface area contributed by atoms with Crippen molar-refractivity contribution in [2.24, 2.45) is 0 Å². The molecule has 0 amide bonds. The van der Waals surface area contributed by atoms with E-state index in [4.69, 9.17) is 0 Å². The molecule has 0 saturated carbocycles. The Kier molecular flexibility index (Phi) is 4.30. The number of hydrogen-bond donors (Lipinski definition) is 3. The molecule has 2 aromatic rings. The summed E-state index contributed by atoms with van der Waals surface area (Å²) in [7, 11) is 0. The maximum absolute atomic E-state index is 9.21. The number of rotatable bonds is 6. The average molecular weight is 246 g/mol. The van der Waals surface area contributed by atoms with Crippen LogP contribution in [0.5, 0.6) is 5.75 Å². The molecular formula is C13H18N4O. The summed E-state index contributed by atoms with van der Waals surface area (Å²) in [6.45, 7) is 3.02. The van der Waals surface area contributed by atoms with Gasteiger partial charge in [-0.25, -0.2) is 4.98 Å². The molecule has 96 valence electrons. The van der Waals surface area contributed by atoms with Crippen molar-refractivity contribution in [2.45, 2.75) is 25.8 Å². The van der Waals surface area contributed by atoms with Crippen molar-refractivity contribution < 1.29 is 5.11 Å². The molecule has 0 fully saturated rings. The molecule has 1 heterocycles. The van der Waals surface area contributed by atoms with E-state index in [-0.39, 0.29) is 0 Å². The second kappa shape index (κ2) is 6.16. The van der Waals surface area contributed by atoms with Crippen LogP contribution in [-0.2, 0) is 12.8 Å². The first kappa shape index (κ1) is 12.6. The minimum atomic E-state index is 0.310. The molecule has 0 bridgehead atoms. The fourth-order valence-electron chi connectivity index (χ4n) is 1.85. The lowest BCUT2D eigenvalue weighted by molar-refractivity contribution is 0.474. The molecule has 3 N–H and O–H groups in total. The molecule has 0 radical (unpaired) electrons. The van der Waals surface area contributed by atoms with Gasteiger partial charge in [0.1, 0.15) is 17.9 Å². The number of benzene rings is 1. The third-order valence-corrected chi connectivity index (χ3v) is 2.80. The molecule has 0 aliphatic heterocycles. The highest BCUT2D eigenvalue weighted by Gasteiger charge is 2.03. The summed E-state index contributed by atoms with van der Waals surface area (Å²) in [6, 6.07) is 7.72.